The molecule has 162 valence electrons. The molecule has 2 heterocycles. The van der Waals surface area contributed by atoms with E-state index in [9.17, 15) is 4.79 Å². The van der Waals surface area contributed by atoms with Gasteiger partial charge in [-0.3, -0.25) is 4.79 Å². The average molecular weight is 444 g/mol. The molecule has 0 aliphatic rings. The quantitative estimate of drug-likeness (QED) is 0.383. The molecule has 2 aromatic carbocycles. The van der Waals surface area contributed by atoms with Crippen molar-refractivity contribution >= 4 is 39.9 Å². The number of nitrogens with one attached hydrogen (secondary N) is 1. The number of nitrogens with zero attached hydrogens (tertiary/aromatic N) is 4. The monoisotopic (exact) mass is 443 g/mol. The van der Waals surface area contributed by atoms with Crippen molar-refractivity contribution in [3.63, 3.8) is 0 Å². The van der Waals surface area contributed by atoms with E-state index >= 15 is 0 Å². The van der Waals surface area contributed by atoms with Crippen molar-refractivity contribution in [1.29, 1.82) is 5.26 Å². The number of benzene rings is 2. The molecule has 0 radical (unpaired) electrons. The van der Waals surface area contributed by atoms with Crippen LogP contribution in [0.3, 0.4) is 0 Å². The topological polar surface area (TPSA) is 83.1 Å². The van der Waals surface area contributed by atoms with E-state index in [0.29, 0.717) is 19.3 Å². The maximum Gasteiger partial charge on any atom is 0.224 e. The lowest BCUT2D eigenvalue weighted by Crippen LogP contribution is -2.15. The second kappa shape index (κ2) is 9.41. The van der Waals surface area contributed by atoms with Gasteiger partial charge in [0.2, 0.25) is 5.91 Å². The molecule has 2 aromatic heterocycles. The molecule has 6 nitrogen and oxygen atoms in total. The Kier molecular flexibility index (Phi) is 6.42. The van der Waals surface area contributed by atoms with Gasteiger partial charge < -0.3 is 5.32 Å². The number of fused-ring (bicyclic) bond motifs is 3. The summed E-state index contributed by atoms with van der Waals surface area (Å²) in [5.41, 5.74) is 5.53. The molecule has 0 spiro atoms. The molecule has 0 bridgehead atoms. The second-order valence-electron chi connectivity index (χ2n) is 7.85. The van der Waals surface area contributed by atoms with E-state index in [0.717, 1.165) is 44.1 Å². The summed E-state index contributed by atoms with van der Waals surface area (Å²) in [5.74, 6) is -0.0458. The van der Waals surface area contributed by atoms with E-state index in [1.807, 2.05) is 73.8 Å². The highest BCUT2D eigenvalue weighted by molar-refractivity contribution is 8.00. The number of aromatic nitrogens is 3. The predicted molar refractivity (Wildman–Crippen MR) is 129 cm³/mol. The fourth-order valence-corrected chi connectivity index (χ4v) is 4.84. The van der Waals surface area contributed by atoms with Gasteiger partial charge in [-0.05, 0) is 50.1 Å². The Morgan fingerprint density at radius 1 is 1.19 bits per heavy atom. The number of rotatable bonds is 7. The van der Waals surface area contributed by atoms with Crippen LogP contribution in [0.2, 0.25) is 0 Å². The molecular formula is C25H25N5OS. The van der Waals surface area contributed by atoms with Crippen LogP contribution in [0.5, 0.6) is 0 Å². The van der Waals surface area contributed by atoms with E-state index < -0.39 is 0 Å². The van der Waals surface area contributed by atoms with Crippen molar-refractivity contribution in [3.8, 4) is 6.07 Å². The average Bonchev–Trinajstić information content (AvgIpc) is 3.14. The maximum atomic E-state index is 12.8. The molecule has 0 aliphatic carbocycles. The van der Waals surface area contributed by atoms with Gasteiger partial charge in [-0.1, -0.05) is 31.2 Å². The number of para-hydroxylation sites is 1. The third-order valence-electron chi connectivity index (χ3n) is 5.49. The van der Waals surface area contributed by atoms with Gasteiger partial charge in [0.05, 0.1) is 17.3 Å². The summed E-state index contributed by atoms with van der Waals surface area (Å²) < 4.78 is 1.88. The first-order chi connectivity index (χ1) is 15.5. The highest BCUT2D eigenvalue weighted by atomic mass is 32.2. The Balaban J connectivity index is 1.50. The Morgan fingerprint density at radius 3 is 2.75 bits per heavy atom. The van der Waals surface area contributed by atoms with Crippen molar-refractivity contribution in [2.75, 3.05) is 5.32 Å². The van der Waals surface area contributed by atoms with Gasteiger partial charge in [0, 0.05) is 39.8 Å². The Bertz CT molecular complexity index is 1340. The van der Waals surface area contributed by atoms with Gasteiger partial charge in [-0.15, -0.1) is 11.8 Å². The van der Waals surface area contributed by atoms with Gasteiger partial charge in [-0.25, -0.2) is 9.50 Å². The number of hydrogen-bond acceptors (Lipinski definition) is 5. The number of nitriles is 1. The summed E-state index contributed by atoms with van der Waals surface area (Å²) in [6.07, 6.45) is 1.40. The maximum absolute atomic E-state index is 12.8. The van der Waals surface area contributed by atoms with Crippen molar-refractivity contribution in [2.45, 2.75) is 50.2 Å². The van der Waals surface area contributed by atoms with Crippen molar-refractivity contribution in [3.05, 3.63) is 65.5 Å². The number of carbonyl (C=O) groups excluding carboxylic acids is 1. The van der Waals surface area contributed by atoms with Gasteiger partial charge >= 0.3 is 0 Å². The minimum absolute atomic E-state index is 0.0458. The van der Waals surface area contributed by atoms with Crippen LogP contribution < -0.4 is 5.32 Å². The number of hydrogen-bond donors (Lipinski definition) is 1. The molecule has 1 N–H and O–H groups in total. The molecule has 7 heteroatoms. The summed E-state index contributed by atoms with van der Waals surface area (Å²) >= 11 is 1.60. The minimum atomic E-state index is -0.0458. The third kappa shape index (κ3) is 4.46. The first-order valence-electron chi connectivity index (χ1n) is 10.6. The summed E-state index contributed by atoms with van der Waals surface area (Å²) in [6.45, 7) is 6.04. The summed E-state index contributed by atoms with van der Waals surface area (Å²) in [5, 5.41) is 17.8. The zero-order valence-corrected chi connectivity index (χ0v) is 19.2. The van der Waals surface area contributed by atoms with E-state index in [2.05, 4.69) is 11.4 Å². The summed E-state index contributed by atoms with van der Waals surface area (Å²) in [7, 11) is 0. The lowest BCUT2D eigenvalue weighted by molar-refractivity contribution is -0.116. The third-order valence-corrected chi connectivity index (χ3v) is 6.67. The molecule has 4 rings (SSSR count). The van der Waals surface area contributed by atoms with Crippen LogP contribution in [0.1, 0.15) is 36.7 Å². The van der Waals surface area contributed by atoms with Gasteiger partial charge in [0.1, 0.15) is 0 Å². The van der Waals surface area contributed by atoms with E-state index in [-0.39, 0.29) is 11.2 Å². The Labute approximate surface area is 191 Å². The van der Waals surface area contributed by atoms with Crippen LogP contribution in [-0.2, 0) is 11.2 Å². The fourth-order valence-electron chi connectivity index (χ4n) is 3.85. The van der Waals surface area contributed by atoms with Crippen molar-refractivity contribution < 1.29 is 4.79 Å². The van der Waals surface area contributed by atoms with Crippen LogP contribution in [-0.4, -0.2) is 25.8 Å². The molecule has 1 amide bonds. The number of thioether (sulfide) groups is 1. The van der Waals surface area contributed by atoms with Crippen LogP contribution in [0.4, 0.5) is 5.69 Å². The van der Waals surface area contributed by atoms with Gasteiger partial charge in [0.15, 0.2) is 5.65 Å². The van der Waals surface area contributed by atoms with Crippen LogP contribution in [0, 0.1) is 25.2 Å². The highest BCUT2D eigenvalue weighted by Crippen LogP contribution is 2.31. The molecular weight excluding hydrogens is 418 g/mol. The summed E-state index contributed by atoms with van der Waals surface area (Å²) in [4.78, 5) is 18.5. The molecule has 0 aliphatic heterocycles. The molecule has 4 aromatic rings. The van der Waals surface area contributed by atoms with Crippen LogP contribution in [0.15, 0.2) is 53.4 Å². The highest BCUT2D eigenvalue weighted by Gasteiger charge is 2.16. The van der Waals surface area contributed by atoms with E-state index in [1.54, 1.807) is 11.8 Å². The number of anilines is 1. The standard InChI is InChI=1S/C25H25N5OS/c1-16(14-15-26)32-23-11-7-6-10-22(23)28-24(31)13-12-19-17(2)27-25-20-8-4-5-9-21(20)29-30(25)18(19)3/h4-11,16H,12-14H2,1-3H3,(H,28,31)/t16-/m1/s1. The SMILES string of the molecule is Cc1nc2c3ccccc3nn2c(C)c1CCC(=O)Nc1ccccc1S[C@H](C)CC#N. The van der Waals surface area contributed by atoms with Gasteiger partial charge in [-0.2, -0.15) is 10.4 Å². The lowest BCUT2D eigenvalue weighted by Gasteiger charge is -2.14. The van der Waals surface area contributed by atoms with Crippen molar-refractivity contribution in [2.24, 2.45) is 0 Å². The molecule has 0 unspecified atom stereocenters. The van der Waals surface area contributed by atoms with E-state index in [4.69, 9.17) is 15.3 Å². The van der Waals surface area contributed by atoms with Crippen molar-refractivity contribution in [1.82, 2.24) is 14.6 Å². The molecule has 1 atom stereocenters. The zero-order valence-electron chi connectivity index (χ0n) is 18.4. The number of carbonyl (C=O) groups is 1. The zero-order chi connectivity index (χ0) is 22.7. The number of aryl methyl sites for hydroxylation is 2. The first-order valence-corrected chi connectivity index (χ1v) is 11.5. The van der Waals surface area contributed by atoms with E-state index in [1.165, 1.54) is 0 Å². The smallest absolute Gasteiger partial charge is 0.224 e. The number of amides is 1. The molecule has 0 saturated heterocycles. The van der Waals surface area contributed by atoms with Crippen LogP contribution in [0.25, 0.3) is 16.6 Å². The largest absolute Gasteiger partial charge is 0.325 e. The van der Waals surface area contributed by atoms with Gasteiger partial charge in [0.25, 0.3) is 0 Å². The fraction of sp³-hybridized carbons (Fsp3) is 0.280. The lowest BCUT2D eigenvalue weighted by atomic mass is 10.1. The minimum Gasteiger partial charge on any atom is -0.325 e. The Morgan fingerprint density at radius 2 is 1.94 bits per heavy atom. The molecule has 0 saturated carbocycles. The predicted octanol–water partition coefficient (Wildman–Crippen LogP) is 5.46. The first kappa shape index (κ1) is 21.8. The summed E-state index contributed by atoms with van der Waals surface area (Å²) in [6, 6.07) is 17.9. The van der Waals surface area contributed by atoms with Crippen LogP contribution >= 0.6 is 11.8 Å². The second-order valence-corrected chi connectivity index (χ2v) is 9.33. The normalized spacial score (nSPS) is 12.1. The Hall–Kier alpha value is -3.37. The molecule has 32 heavy (non-hydrogen) atoms. The molecule has 0 fully saturated rings.